The van der Waals surface area contributed by atoms with Crippen molar-refractivity contribution in [3.63, 3.8) is 0 Å². The molecule has 5 rings (SSSR count). The van der Waals surface area contributed by atoms with Crippen LogP contribution in [0.2, 0.25) is 5.02 Å². The van der Waals surface area contributed by atoms with Crippen LogP contribution in [0.1, 0.15) is 61.9 Å². The number of fused-ring (bicyclic) bond motifs is 1. The van der Waals surface area contributed by atoms with Gasteiger partial charge >= 0.3 is 0 Å². The standard InChI is InChI=1S/C26H30ClN5O3/c27-19-6-4-5-16-12-20(31-22(16)19)25(35)32-15-26(8-2-1-3-9-26)13-21(32)24(34)30-18(14-28)11-17-7-10-29-23(17)33/h4-6,12,17-18,21,31H,1-3,7-11,13,15H2,(H,29,33)(H,30,34). The lowest BCUT2D eigenvalue weighted by molar-refractivity contribution is -0.126. The number of hydrogen-bond acceptors (Lipinski definition) is 4. The topological polar surface area (TPSA) is 118 Å². The molecule has 1 aromatic heterocycles. The minimum absolute atomic E-state index is 0.0733. The molecule has 0 radical (unpaired) electrons. The van der Waals surface area contributed by atoms with Gasteiger partial charge in [0.05, 0.1) is 16.6 Å². The van der Waals surface area contributed by atoms with Crippen LogP contribution in [0.15, 0.2) is 24.3 Å². The first-order valence-electron chi connectivity index (χ1n) is 12.4. The van der Waals surface area contributed by atoms with Crippen molar-refractivity contribution in [2.75, 3.05) is 13.1 Å². The van der Waals surface area contributed by atoms with Crippen LogP contribution >= 0.6 is 11.6 Å². The molecule has 35 heavy (non-hydrogen) atoms. The van der Waals surface area contributed by atoms with Gasteiger partial charge in [-0.25, -0.2) is 0 Å². The fraction of sp³-hybridized carbons (Fsp3) is 0.538. The highest BCUT2D eigenvalue weighted by Gasteiger charge is 2.49. The van der Waals surface area contributed by atoms with Crippen LogP contribution in [0.25, 0.3) is 10.9 Å². The van der Waals surface area contributed by atoms with Gasteiger partial charge in [-0.15, -0.1) is 0 Å². The minimum Gasteiger partial charge on any atom is -0.356 e. The molecule has 3 heterocycles. The van der Waals surface area contributed by atoms with Crippen LogP contribution in [0.5, 0.6) is 0 Å². The molecule has 0 bridgehead atoms. The van der Waals surface area contributed by atoms with E-state index in [1.54, 1.807) is 17.0 Å². The van der Waals surface area contributed by atoms with Gasteiger partial charge in [0.2, 0.25) is 11.8 Å². The molecular weight excluding hydrogens is 466 g/mol. The summed E-state index contributed by atoms with van der Waals surface area (Å²) < 4.78 is 0. The molecule has 1 spiro atoms. The quantitative estimate of drug-likeness (QED) is 0.588. The number of amides is 3. The molecule has 184 valence electrons. The molecule has 2 aromatic rings. The Balaban J connectivity index is 1.38. The second kappa shape index (κ2) is 9.54. The van der Waals surface area contributed by atoms with Crippen LogP contribution in [0.4, 0.5) is 0 Å². The lowest BCUT2D eigenvalue weighted by Crippen LogP contribution is -2.49. The first-order valence-corrected chi connectivity index (χ1v) is 12.8. The number of rotatable bonds is 5. The number of nitrogens with zero attached hydrogens (tertiary/aromatic N) is 2. The van der Waals surface area contributed by atoms with E-state index in [1.807, 2.05) is 12.1 Å². The number of carbonyl (C=O) groups excluding carboxylic acids is 3. The van der Waals surface area contributed by atoms with Crippen LogP contribution in [0.3, 0.4) is 0 Å². The van der Waals surface area contributed by atoms with Gasteiger partial charge < -0.3 is 20.5 Å². The summed E-state index contributed by atoms with van der Waals surface area (Å²) in [5.41, 5.74) is 1.02. The summed E-state index contributed by atoms with van der Waals surface area (Å²) in [4.78, 5) is 44.0. The van der Waals surface area contributed by atoms with Crippen molar-refractivity contribution in [3.8, 4) is 6.07 Å². The van der Waals surface area contributed by atoms with Gasteiger partial charge in [-0.05, 0) is 49.7 Å². The van der Waals surface area contributed by atoms with Gasteiger partial charge in [-0.2, -0.15) is 5.26 Å². The molecule has 2 aliphatic heterocycles. The van der Waals surface area contributed by atoms with E-state index in [2.05, 4.69) is 21.7 Å². The van der Waals surface area contributed by atoms with Crippen molar-refractivity contribution in [2.45, 2.75) is 63.5 Å². The first kappa shape index (κ1) is 23.7. The maximum Gasteiger partial charge on any atom is 0.271 e. The van der Waals surface area contributed by atoms with Crippen molar-refractivity contribution in [3.05, 3.63) is 35.0 Å². The Labute approximate surface area is 209 Å². The van der Waals surface area contributed by atoms with Crippen molar-refractivity contribution >= 4 is 40.2 Å². The number of benzene rings is 1. The van der Waals surface area contributed by atoms with E-state index < -0.39 is 12.1 Å². The van der Waals surface area contributed by atoms with Gasteiger partial charge in [0.15, 0.2) is 0 Å². The molecule has 8 nitrogen and oxygen atoms in total. The van der Waals surface area contributed by atoms with E-state index in [0.29, 0.717) is 42.2 Å². The number of carbonyl (C=O) groups is 3. The van der Waals surface area contributed by atoms with E-state index >= 15 is 0 Å². The predicted octanol–water partition coefficient (Wildman–Crippen LogP) is 3.52. The third-order valence-corrected chi connectivity index (χ3v) is 8.29. The molecule has 3 N–H and O–H groups in total. The number of nitriles is 1. The number of aromatic nitrogens is 1. The van der Waals surface area contributed by atoms with E-state index in [4.69, 9.17) is 11.6 Å². The molecule has 3 fully saturated rings. The lowest BCUT2D eigenvalue weighted by Gasteiger charge is -2.32. The summed E-state index contributed by atoms with van der Waals surface area (Å²) in [6.07, 6.45) is 6.87. The van der Waals surface area contributed by atoms with Gasteiger partial charge in [0.25, 0.3) is 5.91 Å². The van der Waals surface area contributed by atoms with E-state index in [-0.39, 0.29) is 35.5 Å². The number of halogens is 1. The van der Waals surface area contributed by atoms with Crippen molar-refractivity contribution < 1.29 is 14.4 Å². The monoisotopic (exact) mass is 495 g/mol. The van der Waals surface area contributed by atoms with Crippen LogP contribution in [-0.4, -0.2) is 52.8 Å². The van der Waals surface area contributed by atoms with Crippen molar-refractivity contribution in [1.29, 1.82) is 5.26 Å². The lowest BCUT2D eigenvalue weighted by atomic mass is 9.72. The Kier molecular flexibility index (Phi) is 6.45. The molecule has 9 heteroatoms. The maximum atomic E-state index is 13.7. The van der Waals surface area contributed by atoms with Gasteiger partial charge in [0, 0.05) is 24.4 Å². The highest BCUT2D eigenvalue weighted by atomic mass is 35.5. The van der Waals surface area contributed by atoms with Gasteiger partial charge in [-0.3, -0.25) is 14.4 Å². The number of nitrogens with one attached hydrogen (secondary N) is 3. The molecule has 3 amide bonds. The van der Waals surface area contributed by atoms with E-state index in [9.17, 15) is 19.6 Å². The Morgan fingerprint density at radius 1 is 1.29 bits per heavy atom. The summed E-state index contributed by atoms with van der Waals surface area (Å²) in [5, 5.41) is 16.7. The first-order chi connectivity index (χ1) is 16.9. The fourth-order valence-corrected chi connectivity index (χ4v) is 6.35. The number of hydrogen-bond donors (Lipinski definition) is 3. The largest absolute Gasteiger partial charge is 0.356 e. The number of H-pyrrole nitrogens is 1. The molecular formula is C26H30ClN5O3. The summed E-state index contributed by atoms with van der Waals surface area (Å²) in [6, 6.07) is 7.98. The Morgan fingerprint density at radius 2 is 2.09 bits per heavy atom. The maximum absolute atomic E-state index is 13.7. The number of likely N-dealkylation sites (tertiary alicyclic amines) is 1. The van der Waals surface area contributed by atoms with Crippen molar-refractivity contribution in [2.24, 2.45) is 11.3 Å². The zero-order chi connectivity index (χ0) is 24.6. The summed E-state index contributed by atoms with van der Waals surface area (Å²) in [7, 11) is 0. The second-order valence-electron chi connectivity index (χ2n) is 10.3. The van der Waals surface area contributed by atoms with E-state index in [1.165, 1.54) is 6.42 Å². The predicted molar refractivity (Wildman–Crippen MR) is 132 cm³/mol. The zero-order valence-corrected chi connectivity index (χ0v) is 20.4. The average Bonchev–Trinajstić information content (AvgIpc) is 3.57. The molecule has 2 saturated heterocycles. The average molecular weight is 496 g/mol. The number of para-hydroxylation sites is 1. The van der Waals surface area contributed by atoms with E-state index in [0.717, 1.165) is 31.1 Å². The Morgan fingerprint density at radius 3 is 2.77 bits per heavy atom. The molecule has 1 aliphatic carbocycles. The SMILES string of the molecule is N#CC(CC1CCNC1=O)NC(=O)C1CC2(CCCCC2)CN1C(=O)c1cc2cccc(Cl)c2[nH]1. The van der Waals surface area contributed by atoms with Gasteiger partial charge in [0.1, 0.15) is 17.8 Å². The fourth-order valence-electron chi connectivity index (χ4n) is 6.12. The Hall–Kier alpha value is -3.05. The minimum atomic E-state index is -0.775. The Bertz CT molecular complexity index is 1200. The smallest absolute Gasteiger partial charge is 0.271 e. The highest BCUT2D eigenvalue weighted by molar-refractivity contribution is 6.35. The second-order valence-corrected chi connectivity index (χ2v) is 10.7. The summed E-state index contributed by atoms with van der Waals surface area (Å²) in [6.45, 7) is 1.12. The normalized spacial score (nSPS) is 24.3. The molecule has 1 aromatic carbocycles. The molecule has 3 unspecified atom stereocenters. The summed E-state index contributed by atoms with van der Waals surface area (Å²) >= 11 is 6.30. The highest BCUT2D eigenvalue weighted by Crippen LogP contribution is 2.46. The third-order valence-electron chi connectivity index (χ3n) is 7.98. The van der Waals surface area contributed by atoms with Crippen LogP contribution in [0, 0.1) is 22.7 Å². The van der Waals surface area contributed by atoms with Crippen LogP contribution < -0.4 is 10.6 Å². The third kappa shape index (κ3) is 4.62. The zero-order valence-electron chi connectivity index (χ0n) is 19.6. The molecule has 1 saturated carbocycles. The van der Waals surface area contributed by atoms with Crippen molar-refractivity contribution in [1.82, 2.24) is 20.5 Å². The number of aromatic amines is 1. The molecule has 3 atom stereocenters. The van der Waals surface area contributed by atoms with Gasteiger partial charge in [-0.1, -0.05) is 43.0 Å². The summed E-state index contributed by atoms with van der Waals surface area (Å²) in [5.74, 6) is -0.902. The van der Waals surface area contributed by atoms with Crippen LogP contribution in [-0.2, 0) is 9.59 Å². The molecule has 3 aliphatic rings.